The zero-order valence-corrected chi connectivity index (χ0v) is 10.5. The lowest BCUT2D eigenvalue weighted by Crippen LogP contribution is -2.14. The topological polar surface area (TPSA) is 29.1 Å². The summed E-state index contributed by atoms with van der Waals surface area (Å²) in [7, 11) is 0. The molecule has 92 valence electrons. The first-order valence-electron chi connectivity index (χ1n) is 5.40. The summed E-state index contributed by atoms with van der Waals surface area (Å²) in [6.07, 6.45) is 0. The van der Waals surface area contributed by atoms with Gasteiger partial charge in [0.25, 0.3) is 5.91 Å². The number of anilines is 1. The van der Waals surface area contributed by atoms with Crippen LogP contribution >= 0.6 is 11.6 Å². The molecule has 0 heterocycles. The second kappa shape index (κ2) is 5.19. The zero-order chi connectivity index (χ0) is 13.1. The molecule has 18 heavy (non-hydrogen) atoms. The number of benzene rings is 2. The first-order valence-corrected chi connectivity index (χ1v) is 5.78. The van der Waals surface area contributed by atoms with Crippen LogP contribution in [-0.4, -0.2) is 5.91 Å². The summed E-state index contributed by atoms with van der Waals surface area (Å²) in [6.45, 7) is 1.61. The van der Waals surface area contributed by atoms with Crippen molar-refractivity contribution >= 4 is 23.2 Å². The quantitative estimate of drug-likeness (QED) is 0.870. The Morgan fingerprint density at radius 1 is 1.17 bits per heavy atom. The molecule has 0 unspecified atom stereocenters. The van der Waals surface area contributed by atoms with E-state index >= 15 is 0 Å². The average Bonchev–Trinajstić information content (AvgIpc) is 2.35. The van der Waals surface area contributed by atoms with Gasteiger partial charge in [0, 0.05) is 0 Å². The Labute approximate surface area is 109 Å². The van der Waals surface area contributed by atoms with Crippen molar-refractivity contribution in [2.24, 2.45) is 0 Å². The third-order valence-electron chi connectivity index (χ3n) is 2.56. The van der Waals surface area contributed by atoms with Crippen LogP contribution in [0.1, 0.15) is 15.9 Å². The van der Waals surface area contributed by atoms with Crippen LogP contribution < -0.4 is 5.32 Å². The molecule has 2 aromatic rings. The number of amides is 1. The monoisotopic (exact) mass is 263 g/mol. The summed E-state index contributed by atoms with van der Waals surface area (Å²) in [5, 5.41) is 3.00. The van der Waals surface area contributed by atoms with E-state index in [0.29, 0.717) is 16.3 Å². The summed E-state index contributed by atoms with van der Waals surface area (Å²) >= 11 is 5.92. The standard InChI is InChI=1S/C14H11ClFNO/c1-9-5-4-6-10(13(9)16)14(18)17-12-8-3-2-7-11(12)15/h2-8H,1H3,(H,17,18). The molecular weight excluding hydrogens is 253 g/mol. The predicted octanol–water partition coefficient (Wildman–Crippen LogP) is 4.04. The third-order valence-corrected chi connectivity index (χ3v) is 2.89. The Kier molecular flexibility index (Phi) is 3.63. The molecule has 0 aliphatic rings. The van der Waals surface area contributed by atoms with Gasteiger partial charge >= 0.3 is 0 Å². The Bertz CT molecular complexity index is 598. The van der Waals surface area contributed by atoms with Crippen molar-refractivity contribution in [1.29, 1.82) is 0 Å². The van der Waals surface area contributed by atoms with Gasteiger partial charge in [0.15, 0.2) is 0 Å². The molecule has 0 aliphatic carbocycles. The van der Waals surface area contributed by atoms with Crippen molar-refractivity contribution in [2.75, 3.05) is 5.32 Å². The van der Waals surface area contributed by atoms with Crippen molar-refractivity contribution in [2.45, 2.75) is 6.92 Å². The first-order chi connectivity index (χ1) is 8.59. The van der Waals surface area contributed by atoms with Gasteiger partial charge in [-0.25, -0.2) is 4.39 Å². The highest BCUT2D eigenvalue weighted by atomic mass is 35.5. The number of carbonyl (C=O) groups excluding carboxylic acids is 1. The van der Waals surface area contributed by atoms with Crippen LogP contribution in [-0.2, 0) is 0 Å². The Hall–Kier alpha value is -1.87. The van der Waals surface area contributed by atoms with Crippen LogP contribution in [0.4, 0.5) is 10.1 Å². The molecule has 2 rings (SSSR count). The molecule has 1 amide bonds. The molecule has 0 aromatic heterocycles. The molecule has 1 N–H and O–H groups in total. The summed E-state index contributed by atoms with van der Waals surface area (Å²) in [4.78, 5) is 11.9. The fourth-order valence-electron chi connectivity index (χ4n) is 1.58. The summed E-state index contributed by atoms with van der Waals surface area (Å²) < 4.78 is 13.8. The lowest BCUT2D eigenvalue weighted by atomic mass is 10.1. The molecule has 0 bridgehead atoms. The van der Waals surface area contributed by atoms with Crippen LogP contribution in [0.3, 0.4) is 0 Å². The van der Waals surface area contributed by atoms with E-state index in [1.807, 2.05) is 0 Å². The molecule has 2 nitrogen and oxygen atoms in total. The van der Waals surface area contributed by atoms with Gasteiger partial charge in [-0.2, -0.15) is 0 Å². The van der Waals surface area contributed by atoms with E-state index in [1.54, 1.807) is 43.3 Å². The fourth-order valence-corrected chi connectivity index (χ4v) is 1.76. The van der Waals surface area contributed by atoms with Gasteiger partial charge in [-0.05, 0) is 30.7 Å². The minimum atomic E-state index is -0.512. The molecule has 0 saturated carbocycles. The number of hydrogen-bond acceptors (Lipinski definition) is 1. The van der Waals surface area contributed by atoms with Crippen LogP contribution in [0.15, 0.2) is 42.5 Å². The highest BCUT2D eigenvalue weighted by molar-refractivity contribution is 6.33. The van der Waals surface area contributed by atoms with Crippen molar-refractivity contribution in [3.63, 3.8) is 0 Å². The SMILES string of the molecule is Cc1cccc(C(=O)Nc2ccccc2Cl)c1F. The maximum atomic E-state index is 13.8. The number of rotatable bonds is 2. The van der Waals surface area contributed by atoms with Gasteiger partial charge in [-0.1, -0.05) is 35.9 Å². The van der Waals surface area contributed by atoms with Crippen molar-refractivity contribution < 1.29 is 9.18 Å². The zero-order valence-electron chi connectivity index (χ0n) is 9.71. The normalized spacial score (nSPS) is 10.2. The second-order valence-corrected chi connectivity index (χ2v) is 4.28. The Morgan fingerprint density at radius 3 is 2.61 bits per heavy atom. The maximum Gasteiger partial charge on any atom is 0.258 e. The van der Waals surface area contributed by atoms with Gasteiger partial charge in [0.2, 0.25) is 0 Å². The van der Waals surface area contributed by atoms with E-state index in [1.165, 1.54) is 6.07 Å². The van der Waals surface area contributed by atoms with E-state index in [0.717, 1.165) is 0 Å². The van der Waals surface area contributed by atoms with E-state index in [2.05, 4.69) is 5.32 Å². The molecular formula is C14H11ClFNO. The van der Waals surface area contributed by atoms with Crippen LogP contribution in [0, 0.1) is 12.7 Å². The van der Waals surface area contributed by atoms with E-state index in [-0.39, 0.29) is 5.56 Å². The number of aryl methyl sites for hydroxylation is 1. The fraction of sp³-hybridized carbons (Fsp3) is 0.0714. The highest BCUT2D eigenvalue weighted by Crippen LogP contribution is 2.22. The molecule has 0 fully saturated rings. The van der Waals surface area contributed by atoms with Crippen molar-refractivity contribution in [3.8, 4) is 0 Å². The minimum Gasteiger partial charge on any atom is -0.321 e. The second-order valence-electron chi connectivity index (χ2n) is 3.87. The highest BCUT2D eigenvalue weighted by Gasteiger charge is 2.14. The molecule has 0 radical (unpaired) electrons. The van der Waals surface area contributed by atoms with E-state index < -0.39 is 11.7 Å². The molecule has 0 atom stereocenters. The first kappa shape index (κ1) is 12.6. The Balaban J connectivity index is 2.28. The lowest BCUT2D eigenvalue weighted by molar-refractivity contribution is 0.102. The number of hydrogen-bond donors (Lipinski definition) is 1. The van der Waals surface area contributed by atoms with E-state index in [9.17, 15) is 9.18 Å². The minimum absolute atomic E-state index is 0.00918. The smallest absolute Gasteiger partial charge is 0.258 e. The summed E-state index contributed by atoms with van der Waals surface area (Å²) in [5.41, 5.74) is 0.904. The summed E-state index contributed by atoms with van der Waals surface area (Å²) in [6, 6.07) is 11.5. The molecule has 4 heteroatoms. The Morgan fingerprint density at radius 2 is 1.89 bits per heavy atom. The van der Waals surface area contributed by atoms with Gasteiger partial charge in [0.05, 0.1) is 16.3 Å². The molecule has 0 aliphatic heterocycles. The van der Waals surface area contributed by atoms with Crippen molar-refractivity contribution in [3.05, 3.63) is 64.4 Å². The number of carbonyl (C=O) groups is 1. The third kappa shape index (κ3) is 2.51. The lowest BCUT2D eigenvalue weighted by Gasteiger charge is -2.08. The van der Waals surface area contributed by atoms with Gasteiger partial charge in [-0.15, -0.1) is 0 Å². The molecule has 0 saturated heterocycles. The van der Waals surface area contributed by atoms with Crippen LogP contribution in [0.5, 0.6) is 0 Å². The van der Waals surface area contributed by atoms with E-state index in [4.69, 9.17) is 11.6 Å². The predicted molar refractivity (Wildman–Crippen MR) is 70.5 cm³/mol. The maximum absolute atomic E-state index is 13.8. The largest absolute Gasteiger partial charge is 0.321 e. The van der Waals surface area contributed by atoms with Gasteiger partial charge < -0.3 is 5.32 Å². The number of para-hydroxylation sites is 1. The summed E-state index contributed by atoms with van der Waals surface area (Å²) in [5.74, 6) is -1.02. The molecule has 0 spiro atoms. The van der Waals surface area contributed by atoms with Crippen LogP contribution in [0.25, 0.3) is 0 Å². The van der Waals surface area contributed by atoms with Crippen molar-refractivity contribution in [1.82, 2.24) is 0 Å². The van der Waals surface area contributed by atoms with Gasteiger partial charge in [0.1, 0.15) is 5.82 Å². The van der Waals surface area contributed by atoms with Gasteiger partial charge in [-0.3, -0.25) is 4.79 Å². The molecule has 2 aromatic carbocycles. The number of nitrogens with one attached hydrogen (secondary N) is 1. The average molecular weight is 264 g/mol. The van der Waals surface area contributed by atoms with Crippen LogP contribution in [0.2, 0.25) is 5.02 Å². The number of halogens is 2.